The monoisotopic (exact) mass is 284 g/mol. The summed E-state index contributed by atoms with van der Waals surface area (Å²) in [6.07, 6.45) is 0.764. The van der Waals surface area contributed by atoms with Crippen LogP contribution in [0.15, 0.2) is 0 Å². The first-order chi connectivity index (χ1) is 9.23. The lowest BCUT2D eigenvalue weighted by Gasteiger charge is -2.33. The molecule has 1 saturated heterocycles. The first-order valence-corrected chi connectivity index (χ1v) is 7.52. The van der Waals surface area contributed by atoms with Gasteiger partial charge in [0.25, 0.3) is 0 Å². The van der Waals surface area contributed by atoms with E-state index in [1.54, 1.807) is 0 Å². The second-order valence-electron chi connectivity index (χ2n) is 6.72. The number of carbonyl (C=O) groups is 2. The molecule has 5 heteroatoms. The number of nitrogens with zero attached hydrogens (tertiary/aromatic N) is 2. The van der Waals surface area contributed by atoms with E-state index in [1.807, 2.05) is 11.8 Å². The summed E-state index contributed by atoms with van der Waals surface area (Å²) in [5, 5.41) is 9.34. The Bertz CT molecular complexity index is 345. The summed E-state index contributed by atoms with van der Waals surface area (Å²) in [7, 11) is 0. The van der Waals surface area contributed by atoms with E-state index >= 15 is 0 Å². The van der Waals surface area contributed by atoms with Gasteiger partial charge in [0.2, 0.25) is 0 Å². The van der Waals surface area contributed by atoms with Crippen molar-refractivity contribution in [3.63, 3.8) is 0 Å². The fourth-order valence-corrected chi connectivity index (χ4v) is 2.83. The van der Waals surface area contributed by atoms with Crippen LogP contribution in [0.25, 0.3) is 0 Å². The summed E-state index contributed by atoms with van der Waals surface area (Å²) in [6.45, 7) is 12.1. The number of hydrogen-bond donors (Lipinski definition) is 1. The lowest BCUT2D eigenvalue weighted by atomic mass is 10.0. The standard InChI is InChI=1S/C15H28N2O3/c1-10(2)8-16(9-11(3)4)15(20)17-7-6-12(5)13(17)14(18)19/h10-13H,6-9H2,1-5H3,(H,18,19). The maximum absolute atomic E-state index is 12.7. The minimum atomic E-state index is -0.891. The lowest BCUT2D eigenvalue weighted by Crippen LogP contribution is -2.51. The topological polar surface area (TPSA) is 60.9 Å². The van der Waals surface area contributed by atoms with Gasteiger partial charge in [-0.15, -0.1) is 0 Å². The molecule has 1 rings (SSSR count). The lowest BCUT2D eigenvalue weighted by molar-refractivity contribution is -0.142. The zero-order valence-corrected chi connectivity index (χ0v) is 13.3. The molecular weight excluding hydrogens is 256 g/mol. The van der Waals surface area contributed by atoms with Gasteiger partial charge in [-0.3, -0.25) is 0 Å². The van der Waals surface area contributed by atoms with E-state index in [0.717, 1.165) is 6.42 Å². The van der Waals surface area contributed by atoms with Crippen molar-refractivity contribution in [3.05, 3.63) is 0 Å². The van der Waals surface area contributed by atoms with Gasteiger partial charge in [-0.1, -0.05) is 34.6 Å². The Balaban J connectivity index is 2.85. The number of aliphatic carboxylic acids is 1. The van der Waals surface area contributed by atoms with Gasteiger partial charge in [0.1, 0.15) is 6.04 Å². The van der Waals surface area contributed by atoms with Gasteiger partial charge in [0.05, 0.1) is 0 Å². The molecule has 1 fully saturated rings. The minimum Gasteiger partial charge on any atom is -0.480 e. The van der Waals surface area contributed by atoms with Gasteiger partial charge in [-0.05, 0) is 24.2 Å². The molecule has 1 N–H and O–H groups in total. The second kappa shape index (κ2) is 6.95. The molecule has 0 bridgehead atoms. The van der Waals surface area contributed by atoms with E-state index in [2.05, 4.69) is 27.7 Å². The van der Waals surface area contributed by atoms with Crippen molar-refractivity contribution in [2.75, 3.05) is 19.6 Å². The average molecular weight is 284 g/mol. The van der Waals surface area contributed by atoms with Gasteiger partial charge >= 0.3 is 12.0 Å². The van der Waals surface area contributed by atoms with E-state index in [1.165, 1.54) is 4.90 Å². The summed E-state index contributed by atoms with van der Waals surface area (Å²) in [5.74, 6) is -0.115. The van der Waals surface area contributed by atoms with E-state index in [9.17, 15) is 14.7 Å². The Morgan fingerprint density at radius 1 is 1.20 bits per heavy atom. The zero-order valence-electron chi connectivity index (χ0n) is 13.3. The van der Waals surface area contributed by atoms with Crippen molar-refractivity contribution in [3.8, 4) is 0 Å². The molecule has 5 nitrogen and oxygen atoms in total. The van der Waals surface area contributed by atoms with E-state index in [0.29, 0.717) is 31.5 Å². The third-order valence-electron chi connectivity index (χ3n) is 3.64. The Kier molecular flexibility index (Phi) is 5.84. The van der Waals surface area contributed by atoms with E-state index in [-0.39, 0.29) is 11.9 Å². The van der Waals surface area contributed by atoms with Crippen molar-refractivity contribution in [1.29, 1.82) is 0 Å². The quantitative estimate of drug-likeness (QED) is 0.844. The molecule has 2 amide bonds. The number of urea groups is 1. The normalized spacial score (nSPS) is 22.6. The maximum atomic E-state index is 12.7. The van der Waals surface area contributed by atoms with Crippen molar-refractivity contribution in [1.82, 2.24) is 9.80 Å². The largest absolute Gasteiger partial charge is 0.480 e. The van der Waals surface area contributed by atoms with Crippen LogP contribution in [0, 0.1) is 17.8 Å². The average Bonchev–Trinajstić information content (AvgIpc) is 2.68. The third kappa shape index (κ3) is 4.12. The molecule has 0 aromatic heterocycles. The van der Waals surface area contributed by atoms with Gasteiger partial charge in [-0.25, -0.2) is 9.59 Å². The molecule has 0 saturated carbocycles. The van der Waals surface area contributed by atoms with Crippen LogP contribution in [-0.2, 0) is 4.79 Å². The Labute approximate surface area is 121 Å². The van der Waals surface area contributed by atoms with Crippen molar-refractivity contribution in [2.45, 2.75) is 47.1 Å². The molecule has 2 atom stereocenters. The highest BCUT2D eigenvalue weighted by molar-refractivity contribution is 5.83. The molecule has 1 aliphatic rings. The zero-order chi connectivity index (χ0) is 15.4. The van der Waals surface area contributed by atoms with Crippen LogP contribution in [0.4, 0.5) is 4.79 Å². The molecule has 0 aliphatic carbocycles. The molecule has 0 radical (unpaired) electrons. The molecule has 1 aliphatic heterocycles. The number of carboxylic acid groups (broad SMARTS) is 1. The third-order valence-corrected chi connectivity index (χ3v) is 3.64. The summed E-state index contributed by atoms with van der Waals surface area (Å²) in [4.78, 5) is 27.4. The Morgan fingerprint density at radius 2 is 1.70 bits per heavy atom. The summed E-state index contributed by atoms with van der Waals surface area (Å²) < 4.78 is 0. The first-order valence-electron chi connectivity index (χ1n) is 7.52. The number of amides is 2. The molecule has 2 unspecified atom stereocenters. The number of carboxylic acids is 1. The highest BCUT2D eigenvalue weighted by Gasteiger charge is 2.41. The number of rotatable bonds is 5. The van der Waals surface area contributed by atoms with Crippen LogP contribution >= 0.6 is 0 Å². The minimum absolute atomic E-state index is 0.0244. The smallest absolute Gasteiger partial charge is 0.326 e. The number of carbonyl (C=O) groups excluding carboxylic acids is 1. The van der Waals surface area contributed by atoms with Crippen LogP contribution < -0.4 is 0 Å². The van der Waals surface area contributed by atoms with Crippen LogP contribution in [-0.4, -0.2) is 52.6 Å². The second-order valence-corrected chi connectivity index (χ2v) is 6.72. The van der Waals surface area contributed by atoms with Crippen molar-refractivity contribution >= 4 is 12.0 Å². The van der Waals surface area contributed by atoms with Crippen LogP contribution in [0.3, 0.4) is 0 Å². The summed E-state index contributed by atoms with van der Waals surface area (Å²) >= 11 is 0. The van der Waals surface area contributed by atoms with Crippen LogP contribution in [0.5, 0.6) is 0 Å². The van der Waals surface area contributed by atoms with Crippen LogP contribution in [0.1, 0.15) is 41.0 Å². The van der Waals surface area contributed by atoms with E-state index < -0.39 is 12.0 Å². The van der Waals surface area contributed by atoms with Crippen LogP contribution in [0.2, 0.25) is 0 Å². The molecule has 1 heterocycles. The highest BCUT2D eigenvalue weighted by Crippen LogP contribution is 2.25. The molecule has 0 aromatic carbocycles. The Morgan fingerprint density at radius 3 is 2.10 bits per heavy atom. The predicted molar refractivity (Wildman–Crippen MR) is 78.6 cm³/mol. The summed E-state index contributed by atoms with van der Waals surface area (Å²) in [5.41, 5.74) is 0. The van der Waals surface area contributed by atoms with E-state index in [4.69, 9.17) is 0 Å². The molecule has 0 aromatic rings. The predicted octanol–water partition coefficient (Wildman–Crippen LogP) is 2.52. The van der Waals surface area contributed by atoms with Crippen molar-refractivity contribution < 1.29 is 14.7 Å². The maximum Gasteiger partial charge on any atom is 0.326 e. The van der Waals surface area contributed by atoms with Gasteiger partial charge in [0.15, 0.2) is 0 Å². The molecule has 0 spiro atoms. The molecular formula is C15H28N2O3. The van der Waals surface area contributed by atoms with Crippen molar-refractivity contribution in [2.24, 2.45) is 17.8 Å². The Hall–Kier alpha value is -1.26. The first kappa shape index (κ1) is 16.8. The van der Waals surface area contributed by atoms with Gasteiger partial charge in [0, 0.05) is 19.6 Å². The number of likely N-dealkylation sites (tertiary alicyclic amines) is 1. The highest BCUT2D eigenvalue weighted by atomic mass is 16.4. The van der Waals surface area contributed by atoms with Gasteiger partial charge < -0.3 is 14.9 Å². The molecule has 116 valence electrons. The fourth-order valence-electron chi connectivity index (χ4n) is 2.83. The SMILES string of the molecule is CC(C)CN(CC(C)C)C(=O)N1CCC(C)C1C(=O)O. The fraction of sp³-hybridized carbons (Fsp3) is 0.867. The molecule has 20 heavy (non-hydrogen) atoms. The number of hydrogen-bond acceptors (Lipinski definition) is 2. The van der Waals surface area contributed by atoms with Gasteiger partial charge in [-0.2, -0.15) is 0 Å². The summed E-state index contributed by atoms with van der Waals surface area (Å²) in [6, 6.07) is -0.798.